The van der Waals surface area contributed by atoms with Crippen LogP contribution in [0.4, 0.5) is 0 Å². The summed E-state index contributed by atoms with van der Waals surface area (Å²) in [5.74, 6) is 1.70. The first-order chi connectivity index (χ1) is 13.6. The second-order valence-electron chi connectivity index (χ2n) is 7.55. The van der Waals surface area contributed by atoms with E-state index in [1.165, 1.54) is 38.9 Å². The van der Waals surface area contributed by atoms with Crippen LogP contribution < -0.4 is 10.6 Å². The molecule has 152 valence electrons. The predicted octanol–water partition coefficient (Wildman–Crippen LogP) is 2.42. The summed E-state index contributed by atoms with van der Waals surface area (Å²) < 4.78 is 1.87. The molecule has 7 nitrogen and oxygen atoms in total. The molecule has 0 amide bonds. The van der Waals surface area contributed by atoms with Crippen LogP contribution in [-0.2, 0) is 6.54 Å². The Morgan fingerprint density at radius 1 is 1.25 bits per heavy atom. The lowest BCUT2D eigenvalue weighted by atomic mass is 10.1. The van der Waals surface area contributed by atoms with Gasteiger partial charge in [-0.25, -0.2) is 9.67 Å². The summed E-state index contributed by atoms with van der Waals surface area (Å²) in [6, 6.07) is 6.64. The molecule has 0 saturated carbocycles. The van der Waals surface area contributed by atoms with Crippen LogP contribution >= 0.6 is 0 Å². The molecule has 2 aromatic rings. The number of rotatable bonds is 6. The number of guanidine groups is 1. The molecule has 0 aliphatic carbocycles. The number of aliphatic imine (C=N–C) groups is 1. The minimum atomic E-state index is 0.492. The summed E-state index contributed by atoms with van der Waals surface area (Å²) in [6.07, 6.45) is 5.46. The Balaban J connectivity index is 1.49. The summed E-state index contributed by atoms with van der Waals surface area (Å²) in [4.78, 5) is 11.5. The number of nitrogens with zero attached hydrogens (tertiary/aromatic N) is 5. The smallest absolute Gasteiger partial charge is 0.191 e. The van der Waals surface area contributed by atoms with E-state index in [1.54, 1.807) is 0 Å². The molecule has 7 heteroatoms. The van der Waals surface area contributed by atoms with Crippen molar-refractivity contribution in [2.24, 2.45) is 4.99 Å². The molecule has 0 bridgehead atoms. The Bertz CT molecular complexity index is 771. The minimum Gasteiger partial charge on any atom is -0.354 e. The van der Waals surface area contributed by atoms with Crippen LogP contribution in [0.3, 0.4) is 0 Å². The number of nitrogens with one attached hydrogen (secondary N) is 2. The third-order valence-electron chi connectivity index (χ3n) is 5.19. The minimum absolute atomic E-state index is 0.492. The summed E-state index contributed by atoms with van der Waals surface area (Å²) in [5, 5.41) is 11.5. The summed E-state index contributed by atoms with van der Waals surface area (Å²) in [6.45, 7) is 10.5. The van der Waals surface area contributed by atoms with E-state index in [0.29, 0.717) is 12.6 Å². The van der Waals surface area contributed by atoms with Crippen molar-refractivity contribution in [3.8, 4) is 5.82 Å². The van der Waals surface area contributed by atoms with Crippen LogP contribution in [0.2, 0.25) is 0 Å². The number of hydrogen-bond acceptors (Lipinski definition) is 4. The Labute approximate surface area is 168 Å². The van der Waals surface area contributed by atoms with Gasteiger partial charge in [-0.15, -0.1) is 0 Å². The first kappa shape index (κ1) is 20.3. The van der Waals surface area contributed by atoms with E-state index < -0.39 is 0 Å². The molecular formula is C21H33N7. The molecule has 0 spiro atoms. The largest absolute Gasteiger partial charge is 0.354 e. The van der Waals surface area contributed by atoms with Crippen molar-refractivity contribution in [2.45, 2.75) is 52.6 Å². The zero-order valence-corrected chi connectivity index (χ0v) is 17.6. The van der Waals surface area contributed by atoms with Gasteiger partial charge in [0.1, 0.15) is 0 Å². The molecule has 28 heavy (non-hydrogen) atoms. The zero-order valence-electron chi connectivity index (χ0n) is 17.6. The predicted molar refractivity (Wildman–Crippen MR) is 114 cm³/mol. The van der Waals surface area contributed by atoms with Crippen molar-refractivity contribution in [1.29, 1.82) is 0 Å². The fraction of sp³-hybridized carbons (Fsp3) is 0.571. The quantitative estimate of drug-likeness (QED) is 0.592. The van der Waals surface area contributed by atoms with Gasteiger partial charge in [-0.2, -0.15) is 5.10 Å². The van der Waals surface area contributed by atoms with Crippen LogP contribution in [0.15, 0.2) is 29.4 Å². The maximum atomic E-state index is 4.56. The van der Waals surface area contributed by atoms with Crippen molar-refractivity contribution < 1.29 is 0 Å². The summed E-state index contributed by atoms with van der Waals surface area (Å²) in [7, 11) is 1.83. The average molecular weight is 384 g/mol. The molecule has 0 aromatic carbocycles. The van der Waals surface area contributed by atoms with Gasteiger partial charge in [-0.05, 0) is 57.4 Å². The van der Waals surface area contributed by atoms with E-state index in [4.69, 9.17) is 0 Å². The highest BCUT2D eigenvalue weighted by Gasteiger charge is 2.19. The fourth-order valence-electron chi connectivity index (χ4n) is 3.70. The SMILES string of the molecule is CCCN1CCC(NC(=NC)NCc2ccc(-n3nc(C)cc3C)nc2)CC1. The molecule has 0 radical (unpaired) electrons. The van der Waals surface area contributed by atoms with Crippen LogP contribution in [0.5, 0.6) is 0 Å². The van der Waals surface area contributed by atoms with E-state index in [2.05, 4.69) is 49.7 Å². The summed E-state index contributed by atoms with van der Waals surface area (Å²) in [5.41, 5.74) is 3.21. The molecule has 1 fully saturated rings. The number of piperidine rings is 1. The molecule has 1 saturated heterocycles. The van der Waals surface area contributed by atoms with E-state index in [9.17, 15) is 0 Å². The van der Waals surface area contributed by atoms with E-state index in [0.717, 1.165) is 28.7 Å². The molecule has 1 aliphatic rings. The first-order valence-electron chi connectivity index (χ1n) is 10.3. The first-order valence-corrected chi connectivity index (χ1v) is 10.3. The number of hydrogen-bond donors (Lipinski definition) is 2. The Morgan fingerprint density at radius 2 is 2.04 bits per heavy atom. The van der Waals surface area contributed by atoms with Crippen molar-refractivity contribution in [1.82, 2.24) is 30.3 Å². The van der Waals surface area contributed by atoms with Crippen LogP contribution in [0, 0.1) is 13.8 Å². The van der Waals surface area contributed by atoms with Gasteiger partial charge in [0.2, 0.25) is 0 Å². The molecule has 0 unspecified atom stereocenters. The Hall–Kier alpha value is -2.41. The molecule has 3 heterocycles. The van der Waals surface area contributed by atoms with Gasteiger partial charge in [0.05, 0.1) is 5.69 Å². The fourth-order valence-corrected chi connectivity index (χ4v) is 3.70. The molecule has 0 atom stereocenters. The van der Waals surface area contributed by atoms with Gasteiger partial charge in [-0.3, -0.25) is 4.99 Å². The number of likely N-dealkylation sites (tertiary alicyclic amines) is 1. The third kappa shape index (κ3) is 5.32. The standard InChI is InChI=1S/C21H33N7/c1-5-10-27-11-8-19(9-12-27)25-21(22-4)24-15-18-6-7-20(23-14-18)28-17(3)13-16(2)26-28/h6-7,13-14,19H,5,8-12,15H2,1-4H3,(H2,22,24,25). The van der Waals surface area contributed by atoms with Gasteiger partial charge >= 0.3 is 0 Å². The molecule has 2 aromatic heterocycles. The maximum Gasteiger partial charge on any atom is 0.191 e. The van der Waals surface area contributed by atoms with Crippen molar-refractivity contribution in [3.05, 3.63) is 41.3 Å². The topological polar surface area (TPSA) is 70.4 Å². The molecule has 2 N–H and O–H groups in total. The zero-order chi connectivity index (χ0) is 19.9. The highest BCUT2D eigenvalue weighted by molar-refractivity contribution is 5.79. The van der Waals surface area contributed by atoms with Crippen molar-refractivity contribution >= 4 is 5.96 Å². The van der Waals surface area contributed by atoms with Gasteiger partial charge in [0.25, 0.3) is 0 Å². The molecule has 3 rings (SSSR count). The van der Waals surface area contributed by atoms with Crippen molar-refractivity contribution in [3.63, 3.8) is 0 Å². The summed E-state index contributed by atoms with van der Waals surface area (Å²) >= 11 is 0. The van der Waals surface area contributed by atoms with Crippen LogP contribution in [-0.4, -0.2) is 58.3 Å². The number of pyridine rings is 1. The van der Waals surface area contributed by atoms with E-state index >= 15 is 0 Å². The number of aromatic nitrogens is 3. The van der Waals surface area contributed by atoms with E-state index in [-0.39, 0.29) is 0 Å². The second kappa shape index (κ2) is 9.68. The Morgan fingerprint density at radius 3 is 2.61 bits per heavy atom. The lowest BCUT2D eigenvalue weighted by Crippen LogP contribution is -2.48. The second-order valence-corrected chi connectivity index (χ2v) is 7.55. The van der Waals surface area contributed by atoms with Crippen LogP contribution in [0.1, 0.15) is 43.1 Å². The Kier molecular flexibility index (Phi) is 7.03. The monoisotopic (exact) mass is 383 g/mol. The van der Waals surface area contributed by atoms with Gasteiger partial charge in [0.15, 0.2) is 11.8 Å². The van der Waals surface area contributed by atoms with Crippen molar-refractivity contribution in [2.75, 3.05) is 26.7 Å². The molecular weight excluding hydrogens is 350 g/mol. The van der Waals surface area contributed by atoms with Gasteiger partial charge in [-0.1, -0.05) is 13.0 Å². The lowest BCUT2D eigenvalue weighted by Gasteiger charge is -2.32. The van der Waals surface area contributed by atoms with Gasteiger partial charge < -0.3 is 15.5 Å². The van der Waals surface area contributed by atoms with Gasteiger partial charge in [0, 0.05) is 44.6 Å². The number of aryl methyl sites for hydroxylation is 2. The third-order valence-corrected chi connectivity index (χ3v) is 5.19. The van der Waals surface area contributed by atoms with E-state index in [1.807, 2.05) is 37.8 Å². The lowest BCUT2D eigenvalue weighted by molar-refractivity contribution is 0.206. The van der Waals surface area contributed by atoms with Crippen LogP contribution in [0.25, 0.3) is 5.82 Å². The molecule has 1 aliphatic heterocycles. The highest BCUT2D eigenvalue weighted by Crippen LogP contribution is 2.11. The average Bonchev–Trinajstić information content (AvgIpc) is 3.05. The highest BCUT2D eigenvalue weighted by atomic mass is 15.3. The maximum absolute atomic E-state index is 4.56. The normalized spacial score (nSPS) is 16.4.